The maximum absolute atomic E-state index is 11.8. The summed E-state index contributed by atoms with van der Waals surface area (Å²) in [4.78, 5) is 24.9. The summed E-state index contributed by atoms with van der Waals surface area (Å²) in [6, 6.07) is 0. The quantitative estimate of drug-likeness (QED) is 0.821. The van der Waals surface area contributed by atoms with Crippen LogP contribution in [0.25, 0.3) is 0 Å². The average molecular weight is 249 g/mol. The van der Waals surface area contributed by atoms with E-state index in [4.69, 9.17) is 0 Å². The standard InChI is InChI=1S/C13H19N3O2/c1-9-6-12(17)16(13(18)7-9)5-3-4-11-8-14-15-10(11)2/h8-9H,3-7H2,1-2H3,(H,14,15). The van der Waals surface area contributed by atoms with Crippen molar-refractivity contribution in [1.29, 1.82) is 0 Å². The summed E-state index contributed by atoms with van der Waals surface area (Å²) >= 11 is 0. The molecule has 5 heteroatoms. The van der Waals surface area contributed by atoms with E-state index in [0.29, 0.717) is 19.4 Å². The Kier molecular flexibility index (Phi) is 3.79. The summed E-state index contributed by atoms with van der Waals surface area (Å²) in [6.45, 7) is 4.44. The van der Waals surface area contributed by atoms with Gasteiger partial charge in [-0.15, -0.1) is 0 Å². The lowest BCUT2D eigenvalue weighted by molar-refractivity contribution is -0.149. The summed E-state index contributed by atoms with van der Waals surface area (Å²) in [6.07, 6.45) is 4.44. The Morgan fingerprint density at radius 3 is 2.61 bits per heavy atom. The molecular formula is C13H19N3O2. The SMILES string of the molecule is Cc1[nH]ncc1CCCN1C(=O)CC(C)CC1=O. The number of nitrogens with zero attached hydrogens (tertiary/aromatic N) is 2. The zero-order valence-corrected chi connectivity index (χ0v) is 10.9. The minimum atomic E-state index is -0.0253. The molecule has 0 radical (unpaired) electrons. The molecule has 1 N–H and O–H groups in total. The molecule has 0 bridgehead atoms. The fourth-order valence-corrected chi connectivity index (χ4v) is 2.33. The van der Waals surface area contributed by atoms with Gasteiger partial charge in [-0.2, -0.15) is 5.10 Å². The smallest absolute Gasteiger partial charge is 0.229 e. The number of aromatic amines is 1. The number of carbonyl (C=O) groups excluding carboxylic acids is 2. The number of carbonyl (C=O) groups is 2. The molecule has 0 aliphatic carbocycles. The zero-order valence-electron chi connectivity index (χ0n) is 10.9. The zero-order chi connectivity index (χ0) is 13.1. The molecule has 0 unspecified atom stereocenters. The summed E-state index contributed by atoms with van der Waals surface area (Å²) in [5.41, 5.74) is 2.21. The molecule has 18 heavy (non-hydrogen) atoms. The van der Waals surface area contributed by atoms with Crippen LogP contribution in [0.2, 0.25) is 0 Å². The van der Waals surface area contributed by atoms with Gasteiger partial charge in [0, 0.05) is 25.1 Å². The van der Waals surface area contributed by atoms with Gasteiger partial charge in [0.1, 0.15) is 0 Å². The van der Waals surface area contributed by atoms with Gasteiger partial charge in [0.25, 0.3) is 0 Å². The van der Waals surface area contributed by atoms with Gasteiger partial charge in [-0.1, -0.05) is 6.92 Å². The number of nitrogens with one attached hydrogen (secondary N) is 1. The van der Waals surface area contributed by atoms with E-state index in [-0.39, 0.29) is 17.7 Å². The van der Waals surface area contributed by atoms with Crippen molar-refractivity contribution in [3.63, 3.8) is 0 Å². The third-order valence-electron chi connectivity index (χ3n) is 3.41. The van der Waals surface area contributed by atoms with Crippen LogP contribution < -0.4 is 0 Å². The Hall–Kier alpha value is -1.65. The number of aromatic nitrogens is 2. The maximum Gasteiger partial charge on any atom is 0.229 e. The van der Waals surface area contributed by atoms with Crippen LogP contribution in [0.1, 0.15) is 37.4 Å². The number of aryl methyl sites for hydroxylation is 2. The number of hydrogen-bond acceptors (Lipinski definition) is 3. The van der Waals surface area contributed by atoms with Gasteiger partial charge in [0.05, 0.1) is 6.20 Å². The lowest BCUT2D eigenvalue weighted by atomic mass is 9.97. The molecule has 2 amide bonds. The van der Waals surface area contributed by atoms with Gasteiger partial charge in [0.15, 0.2) is 0 Å². The minimum Gasteiger partial charge on any atom is -0.283 e. The van der Waals surface area contributed by atoms with Crippen LogP contribution in [0.3, 0.4) is 0 Å². The molecule has 5 nitrogen and oxygen atoms in total. The lowest BCUT2D eigenvalue weighted by Gasteiger charge is -2.28. The van der Waals surface area contributed by atoms with E-state index >= 15 is 0 Å². The molecule has 0 saturated carbocycles. The number of piperidine rings is 1. The van der Waals surface area contributed by atoms with E-state index in [1.807, 2.05) is 13.8 Å². The predicted octanol–water partition coefficient (Wildman–Crippen LogP) is 1.44. The molecular weight excluding hydrogens is 230 g/mol. The van der Waals surface area contributed by atoms with Crippen LogP contribution in [0.5, 0.6) is 0 Å². The topological polar surface area (TPSA) is 66.1 Å². The van der Waals surface area contributed by atoms with Crippen molar-refractivity contribution in [3.05, 3.63) is 17.5 Å². The first kappa shape index (κ1) is 12.8. The molecule has 1 aliphatic heterocycles. The van der Waals surface area contributed by atoms with Crippen LogP contribution in [0.15, 0.2) is 6.20 Å². The predicted molar refractivity (Wildman–Crippen MR) is 66.8 cm³/mol. The van der Waals surface area contributed by atoms with Crippen molar-refractivity contribution in [2.45, 2.75) is 39.5 Å². The van der Waals surface area contributed by atoms with Gasteiger partial charge >= 0.3 is 0 Å². The normalized spacial score (nSPS) is 17.6. The van der Waals surface area contributed by atoms with Gasteiger partial charge in [-0.05, 0) is 31.2 Å². The third kappa shape index (κ3) is 2.78. The molecule has 1 aromatic heterocycles. The summed E-state index contributed by atoms with van der Waals surface area (Å²) in [7, 11) is 0. The number of rotatable bonds is 4. The number of H-pyrrole nitrogens is 1. The maximum atomic E-state index is 11.8. The second kappa shape index (κ2) is 5.33. The first-order valence-electron chi connectivity index (χ1n) is 6.40. The Bertz CT molecular complexity index is 435. The molecule has 2 rings (SSSR count). The van der Waals surface area contributed by atoms with Gasteiger partial charge in [-0.25, -0.2) is 0 Å². The van der Waals surface area contributed by atoms with Crippen molar-refractivity contribution in [3.8, 4) is 0 Å². The van der Waals surface area contributed by atoms with Crippen molar-refractivity contribution in [1.82, 2.24) is 15.1 Å². The number of hydrogen-bond donors (Lipinski definition) is 1. The largest absolute Gasteiger partial charge is 0.283 e. The van der Waals surface area contributed by atoms with Gasteiger partial charge in [-0.3, -0.25) is 19.6 Å². The van der Waals surface area contributed by atoms with Crippen molar-refractivity contribution < 1.29 is 9.59 Å². The van der Waals surface area contributed by atoms with E-state index in [1.165, 1.54) is 4.90 Å². The van der Waals surface area contributed by atoms with Crippen molar-refractivity contribution in [2.24, 2.45) is 5.92 Å². The molecule has 2 heterocycles. The van der Waals surface area contributed by atoms with E-state index in [0.717, 1.165) is 24.1 Å². The van der Waals surface area contributed by atoms with Crippen molar-refractivity contribution in [2.75, 3.05) is 6.54 Å². The van der Waals surface area contributed by atoms with E-state index in [1.54, 1.807) is 6.20 Å². The Labute approximate surface area is 107 Å². The molecule has 0 aromatic carbocycles. The van der Waals surface area contributed by atoms with Crippen LogP contribution in [0.4, 0.5) is 0 Å². The van der Waals surface area contributed by atoms with E-state index < -0.39 is 0 Å². The van der Waals surface area contributed by atoms with Crippen molar-refractivity contribution >= 4 is 11.8 Å². The van der Waals surface area contributed by atoms with Crippen LogP contribution in [-0.4, -0.2) is 33.5 Å². The van der Waals surface area contributed by atoms with Crippen LogP contribution in [0, 0.1) is 12.8 Å². The monoisotopic (exact) mass is 249 g/mol. The number of amides is 2. The molecule has 0 atom stereocenters. The van der Waals surface area contributed by atoms with Crippen LogP contribution in [-0.2, 0) is 16.0 Å². The molecule has 1 aromatic rings. The number of imide groups is 1. The molecule has 0 spiro atoms. The second-order valence-electron chi connectivity index (χ2n) is 5.08. The summed E-state index contributed by atoms with van der Waals surface area (Å²) in [5, 5.41) is 6.84. The molecule has 1 saturated heterocycles. The Balaban J connectivity index is 1.85. The second-order valence-corrected chi connectivity index (χ2v) is 5.08. The summed E-state index contributed by atoms with van der Waals surface area (Å²) in [5.74, 6) is 0.141. The highest BCUT2D eigenvalue weighted by Crippen LogP contribution is 2.19. The lowest BCUT2D eigenvalue weighted by Crippen LogP contribution is -2.43. The fourth-order valence-electron chi connectivity index (χ4n) is 2.33. The molecule has 1 aliphatic rings. The molecule has 1 fully saturated rings. The van der Waals surface area contributed by atoms with E-state index in [2.05, 4.69) is 10.2 Å². The Morgan fingerprint density at radius 1 is 1.39 bits per heavy atom. The average Bonchev–Trinajstić information content (AvgIpc) is 2.68. The number of likely N-dealkylation sites (tertiary alicyclic amines) is 1. The highest BCUT2D eigenvalue weighted by molar-refractivity contribution is 5.97. The molecule has 98 valence electrons. The highest BCUT2D eigenvalue weighted by Gasteiger charge is 2.29. The third-order valence-corrected chi connectivity index (χ3v) is 3.41. The van der Waals surface area contributed by atoms with Gasteiger partial charge < -0.3 is 0 Å². The Morgan fingerprint density at radius 2 is 2.06 bits per heavy atom. The van der Waals surface area contributed by atoms with E-state index in [9.17, 15) is 9.59 Å². The minimum absolute atomic E-state index is 0.0253. The van der Waals surface area contributed by atoms with Crippen LogP contribution >= 0.6 is 0 Å². The summed E-state index contributed by atoms with van der Waals surface area (Å²) < 4.78 is 0. The van der Waals surface area contributed by atoms with Gasteiger partial charge in [0.2, 0.25) is 11.8 Å². The first-order chi connectivity index (χ1) is 8.58. The first-order valence-corrected chi connectivity index (χ1v) is 6.40. The highest BCUT2D eigenvalue weighted by atomic mass is 16.2. The fraction of sp³-hybridized carbons (Fsp3) is 0.615.